The van der Waals surface area contributed by atoms with Crippen molar-refractivity contribution in [3.63, 3.8) is 0 Å². The molecule has 0 unspecified atom stereocenters. The van der Waals surface area contributed by atoms with E-state index in [1.165, 1.54) is 7.11 Å². The summed E-state index contributed by atoms with van der Waals surface area (Å²) in [6, 6.07) is 8.87. The fourth-order valence-electron chi connectivity index (χ4n) is 2.73. The van der Waals surface area contributed by atoms with Crippen LogP contribution in [-0.2, 0) is 0 Å². The van der Waals surface area contributed by atoms with Gasteiger partial charge in [0.15, 0.2) is 0 Å². The van der Waals surface area contributed by atoms with Gasteiger partial charge in [-0.2, -0.15) is 0 Å². The summed E-state index contributed by atoms with van der Waals surface area (Å²) in [5.74, 6) is 2.23. The third kappa shape index (κ3) is 2.98. The van der Waals surface area contributed by atoms with E-state index in [9.17, 15) is 4.79 Å². The number of ether oxygens (including phenoxy) is 4. The van der Waals surface area contributed by atoms with Gasteiger partial charge >= 0.3 is 0 Å². The second kappa shape index (κ2) is 6.76. The van der Waals surface area contributed by atoms with E-state index in [0.29, 0.717) is 39.9 Å². The van der Waals surface area contributed by atoms with Crippen LogP contribution < -0.4 is 24.3 Å². The molecule has 0 aromatic heterocycles. The normalized spacial score (nSPS) is 14.1. The number of hydrogen-bond acceptors (Lipinski definition) is 6. The molecule has 0 saturated heterocycles. The molecular formula is C19H19NO5. The summed E-state index contributed by atoms with van der Waals surface area (Å²) in [7, 11) is 6.25. The molecule has 1 aliphatic heterocycles. The van der Waals surface area contributed by atoms with E-state index >= 15 is 0 Å². The molecular weight excluding hydrogens is 322 g/mol. The maximum Gasteiger partial charge on any atom is 0.215 e. The maximum absolute atomic E-state index is 12.8. The monoisotopic (exact) mass is 341 g/mol. The highest BCUT2D eigenvalue weighted by Gasteiger charge is 2.29. The fraction of sp³-hybridized carbons (Fsp3) is 0.211. The highest BCUT2D eigenvalue weighted by atomic mass is 16.5. The first kappa shape index (κ1) is 16.7. The number of nitrogens with one attached hydrogen (secondary N) is 1. The standard InChI is InChI=1S/C19H19NO5/c1-22-12-6-5-11(16(9-12)24-3)7-15-19(21)18-14(20-15)8-13(23-2)10-17(18)25-4/h5-10,20H,1-4H3/b15-7-. The Morgan fingerprint density at radius 2 is 1.52 bits per heavy atom. The van der Waals surface area contributed by atoms with Crippen molar-refractivity contribution >= 4 is 17.5 Å². The van der Waals surface area contributed by atoms with E-state index in [4.69, 9.17) is 18.9 Å². The van der Waals surface area contributed by atoms with Gasteiger partial charge in [-0.05, 0) is 18.2 Å². The summed E-state index contributed by atoms with van der Waals surface area (Å²) in [6.45, 7) is 0. The van der Waals surface area contributed by atoms with Gasteiger partial charge in [0.25, 0.3) is 0 Å². The van der Waals surface area contributed by atoms with Crippen molar-refractivity contribution in [3.05, 3.63) is 47.2 Å². The fourth-order valence-corrected chi connectivity index (χ4v) is 2.73. The van der Waals surface area contributed by atoms with Crippen LogP contribution in [0.2, 0.25) is 0 Å². The van der Waals surface area contributed by atoms with Crippen LogP contribution in [0.5, 0.6) is 23.0 Å². The van der Waals surface area contributed by atoms with Crippen LogP contribution in [0.25, 0.3) is 6.08 Å². The van der Waals surface area contributed by atoms with Gasteiger partial charge in [-0.15, -0.1) is 0 Å². The Balaban J connectivity index is 2.03. The Kier molecular flexibility index (Phi) is 4.52. The summed E-state index contributed by atoms with van der Waals surface area (Å²) in [6.07, 6.45) is 1.74. The van der Waals surface area contributed by atoms with E-state index in [2.05, 4.69) is 5.32 Å². The smallest absolute Gasteiger partial charge is 0.215 e. The number of carbonyl (C=O) groups is 1. The van der Waals surface area contributed by atoms with Crippen LogP contribution >= 0.6 is 0 Å². The molecule has 0 fully saturated rings. The molecule has 6 heteroatoms. The number of methoxy groups -OCH3 is 4. The topological polar surface area (TPSA) is 66.0 Å². The van der Waals surface area contributed by atoms with Gasteiger partial charge in [-0.1, -0.05) is 0 Å². The lowest BCUT2D eigenvalue weighted by Gasteiger charge is -2.08. The molecule has 130 valence electrons. The van der Waals surface area contributed by atoms with Gasteiger partial charge in [-0.25, -0.2) is 0 Å². The molecule has 0 atom stereocenters. The van der Waals surface area contributed by atoms with Crippen molar-refractivity contribution < 1.29 is 23.7 Å². The maximum atomic E-state index is 12.8. The minimum Gasteiger partial charge on any atom is -0.497 e. The number of allylic oxidation sites excluding steroid dienone is 1. The average molecular weight is 341 g/mol. The van der Waals surface area contributed by atoms with E-state index in [0.717, 1.165) is 5.56 Å². The Morgan fingerprint density at radius 3 is 2.16 bits per heavy atom. The van der Waals surface area contributed by atoms with Crippen molar-refractivity contribution in [2.75, 3.05) is 33.8 Å². The van der Waals surface area contributed by atoms with Crippen molar-refractivity contribution in [1.82, 2.24) is 0 Å². The zero-order valence-electron chi connectivity index (χ0n) is 14.5. The lowest BCUT2D eigenvalue weighted by molar-refractivity contribution is 0.104. The molecule has 1 aliphatic rings. The lowest BCUT2D eigenvalue weighted by atomic mass is 10.1. The first-order valence-electron chi connectivity index (χ1n) is 7.62. The van der Waals surface area contributed by atoms with Crippen LogP contribution in [0.4, 0.5) is 5.69 Å². The molecule has 2 aromatic rings. The number of rotatable bonds is 5. The summed E-state index contributed by atoms with van der Waals surface area (Å²) in [4.78, 5) is 12.8. The predicted octanol–water partition coefficient (Wildman–Crippen LogP) is 3.37. The predicted molar refractivity (Wildman–Crippen MR) is 95.0 cm³/mol. The number of fused-ring (bicyclic) bond motifs is 1. The zero-order valence-corrected chi connectivity index (χ0v) is 14.5. The first-order valence-corrected chi connectivity index (χ1v) is 7.62. The molecule has 25 heavy (non-hydrogen) atoms. The van der Waals surface area contributed by atoms with Crippen molar-refractivity contribution in [2.45, 2.75) is 0 Å². The molecule has 3 rings (SSSR count). The molecule has 0 radical (unpaired) electrons. The third-order valence-corrected chi connectivity index (χ3v) is 4.01. The lowest BCUT2D eigenvalue weighted by Crippen LogP contribution is -2.01. The Morgan fingerprint density at radius 1 is 0.840 bits per heavy atom. The molecule has 0 bridgehead atoms. The number of anilines is 1. The van der Waals surface area contributed by atoms with E-state index in [1.807, 2.05) is 12.1 Å². The molecule has 0 saturated carbocycles. The summed E-state index contributed by atoms with van der Waals surface area (Å²) in [5, 5.41) is 3.13. The van der Waals surface area contributed by atoms with Crippen molar-refractivity contribution in [1.29, 1.82) is 0 Å². The minimum atomic E-state index is -0.146. The van der Waals surface area contributed by atoms with Gasteiger partial charge in [0.1, 0.15) is 23.0 Å². The van der Waals surface area contributed by atoms with Crippen molar-refractivity contribution in [3.8, 4) is 23.0 Å². The molecule has 0 aliphatic carbocycles. The van der Waals surface area contributed by atoms with Crippen LogP contribution in [0.3, 0.4) is 0 Å². The molecule has 2 aromatic carbocycles. The molecule has 0 amide bonds. The van der Waals surface area contributed by atoms with E-state index in [1.54, 1.807) is 45.6 Å². The van der Waals surface area contributed by atoms with Gasteiger partial charge < -0.3 is 24.3 Å². The van der Waals surface area contributed by atoms with Gasteiger partial charge in [0.2, 0.25) is 5.78 Å². The first-order chi connectivity index (χ1) is 12.1. The Bertz CT molecular complexity index is 857. The Hall–Kier alpha value is -3.15. The van der Waals surface area contributed by atoms with E-state index in [-0.39, 0.29) is 5.78 Å². The number of hydrogen-bond donors (Lipinski definition) is 1. The largest absolute Gasteiger partial charge is 0.497 e. The van der Waals surface area contributed by atoms with Gasteiger partial charge in [0, 0.05) is 23.8 Å². The molecule has 1 N–H and O–H groups in total. The Labute approximate surface area is 146 Å². The number of carbonyl (C=O) groups excluding carboxylic acids is 1. The molecule has 6 nitrogen and oxygen atoms in total. The van der Waals surface area contributed by atoms with Gasteiger partial charge in [-0.3, -0.25) is 4.79 Å². The number of ketones is 1. The highest BCUT2D eigenvalue weighted by Crippen LogP contribution is 2.40. The average Bonchev–Trinajstić information content (AvgIpc) is 2.96. The summed E-state index contributed by atoms with van der Waals surface area (Å²) in [5.41, 5.74) is 2.34. The SMILES string of the molecule is COc1ccc(/C=C2\Nc3cc(OC)cc(OC)c3C2=O)c(OC)c1. The quantitative estimate of drug-likeness (QED) is 0.841. The zero-order chi connectivity index (χ0) is 18.0. The highest BCUT2D eigenvalue weighted by molar-refractivity contribution is 6.22. The second-order valence-corrected chi connectivity index (χ2v) is 5.37. The summed E-state index contributed by atoms with van der Waals surface area (Å²) < 4.78 is 21.2. The van der Waals surface area contributed by atoms with Crippen LogP contribution in [0.1, 0.15) is 15.9 Å². The van der Waals surface area contributed by atoms with Crippen molar-refractivity contribution in [2.24, 2.45) is 0 Å². The van der Waals surface area contributed by atoms with Gasteiger partial charge in [0.05, 0.1) is 45.4 Å². The summed E-state index contributed by atoms with van der Waals surface area (Å²) >= 11 is 0. The van der Waals surface area contributed by atoms with Crippen LogP contribution in [0, 0.1) is 0 Å². The minimum absolute atomic E-state index is 0.146. The number of Topliss-reactive ketones (excluding diaryl/α,β-unsaturated/α-hetero) is 1. The number of benzene rings is 2. The second-order valence-electron chi connectivity index (χ2n) is 5.37. The molecule has 0 spiro atoms. The third-order valence-electron chi connectivity index (χ3n) is 4.01. The van der Waals surface area contributed by atoms with Crippen LogP contribution in [0.15, 0.2) is 36.0 Å². The van der Waals surface area contributed by atoms with Crippen LogP contribution in [-0.4, -0.2) is 34.2 Å². The molecule has 1 heterocycles. The van der Waals surface area contributed by atoms with E-state index < -0.39 is 0 Å².